The van der Waals surface area contributed by atoms with Crippen molar-refractivity contribution in [3.63, 3.8) is 0 Å². The Bertz CT molecular complexity index is 753. The molecule has 2 rings (SSSR count). The second kappa shape index (κ2) is 8.44. The van der Waals surface area contributed by atoms with Crippen LogP contribution in [0.3, 0.4) is 0 Å². The molecule has 0 atom stereocenters. The topological polar surface area (TPSA) is 86.1 Å². The number of hydrogen-bond donors (Lipinski definition) is 1. The highest BCUT2D eigenvalue weighted by Crippen LogP contribution is 2.14. The number of para-hydroxylation sites is 1. The Morgan fingerprint density at radius 2 is 1.96 bits per heavy atom. The zero-order valence-corrected chi connectivity index (χ0v) is 13.4. The van der Waals surface area contributed by atoms with Gasteiger partial charge in [0.15, 0.2) is 0 Å². The molecule has 6 heteroatoms. The molecule has 2 aromatic rings. The third-order valence-electron chi connectivity index (χ3n) is 3.45. The molecule has 122 valence electrons. The first-order valence-electron chi connectivity index (χ1n) is 7.54. The minimum Gasteiger partial charge on any atom is -0.337 e. The lowest BCUT2D eigenvalue weighted by Crippen LogP contribution is -2.31. The largest absolute Gasteiger partial charge is 0.337 e. The number of aromatic nitrogens is 1. The van der Waals surface area contributed by atoms with Gasteiger partial charge in [-0.3, -0.25) is 14.6 Å². The van der Waals surface area contributed by atoms with Crippen LogP contribution in [0.4, 0.5) is 5.69 Å². The number of nitrogens with zero attached hydrogens (tertiary/aromatic N) is 3. The average Bonchev–Trinajstić information content (AvgIpc) is 2.59. The number of anilines is 1. The van der Waals surface area contributed by atoms with Crippen molar-refractivity contribution in [3.8, 4) is 6.07 Å². The van der Waals surface area contributed by atoms with E-state index in [0.717, 1.165) is 5.69 Å². The summed E-state index contributed by atoms with van der Waals surface area (Å²) in [6.07, 6.45) is 1.81. The van der Waals surface area contributed by atoms with Gasteiger partial charge >= 0.3 is 0 Å². The van der Waals surface area contributed by atoms with Crippen molar-refractivity contribution in [2.24, 2.45) is 0 Å². The van der Waals surface area contributed by atoms with Crippen molar-refractivity contribution >= 4 is 17.5 Å². The molecular formula is C18H18N4O2. The molecule has 0 radical (unpaired) electrons. The molecule has 1 N–H and O–H groups in total. The number of nitriles is 1. The number of hydrogen-bond acceptors (Lipinski definition) is 4. The van der Waals surface area contributed by atoms with Crippen LogP contribution >= 0.6 is 0 Å². The van der Waals surface area contributed by atoms with E-state index in [-0.39, 0.29) is 24.8 Å². The smallest absolute Gasteiger partial charge is 0.226 e. The second-order valence-corrected chi connectivity index (χ2v) is 5.22. The van der Waals surface area contributed by atoms with Crippen molar-refractivity contribution in [2.75, 3.05) is 11.9 Å². The highest BCUT2D eigenvalue weighted by molar-refractivity contribution is 5.92. The predicted molar refractivity (Wildman–Crippen MR) is 89.7 cm³/mol. The summed E-state index contributed by atoms with van der Waals surface area (Å²) in [4.78, 5) is 29.6. The van der Waals surface area contributed by atoms with Gasteiger partial charge in [-0.15, -0.1) is 0 Å². The maximum atomic E-state index is 12.1. The van der Waals surface area contributed by atoms with E-state index in [1.165, 1.54) is 6.92 Å². The van der Waals surface area contributed by atoms with Gasteiger partial charge in [0.05, 0.1) is 23.5 Å². The van der Waals surface area contributed by atoms with E-state index in [0.29, 0.717) is 17.8 Å². The zero-order valence-electron chi connectivity index (χ0n) is 13.4. The highest BCUT2D eigenvalue weighted by atomic mass is 16.2. The number of nitrogens with one attached hydrogen (secondary N) is 1. The molecule has 2 amide bonds. The Balaban J connectivity index is 1.93. The van der Waals surface area contributed by atoms with Crippen LogP contribution in [0.15, 0.2) is 48.7 Å². The first-order chi connectivity index (χ1) is 11.6. The fourth-order valence-corrected chi connectivity index (χ4v) is 2.17. The maximum Gasteiger partial charge on any atom is 0.226 e. The third kappa shape index (κ3) is 4.92. The quantitative estimate of drug-likeness (QED) is 0.884. The molecule has 0 fully saturated rings. The van der Waals surface area contributed by atoms with Gasteiger partial charge in [-0.05, 0) is 24.3 Å². The SMILES string of the molecule is CC(=O)N(CCC(=O)Nc1ccccc1C#N)Cc1ccccn1. The average molecular weight is 322 g/mol. The Kier molecular flexibility index (Phi) is 6.03. The molecule has 1 heterocycles. The van der Waals surface area contributed by atoms with Crippen LogP contribution in [-0.2, 0) is 16.1 Å². The number of carbonyl (C=O) groups excluding carboxylic acids is 2. The summed E-state index contributed by atoms with van der Waals surface area (Å²) >= 11 is 0. The molecule has 0 aliphatic carbocycles. The van der Waals surface area contributed by atoms with Crippen LogP contribution in [0.1, 0.15) is 24.6 Å². The van der Waals surface area contributed by atoms with Gasteiger partial charge in [-0.25, -0.2) is 0 Å². The van der Waals surface area contributed by atoms with E-state index in [1.54, 1.807) is 35.4 Å². The fourth-order valence-electron chi connectivity index (χ4n) is 2.17. The lowest BCUT2D eigenvalue weighted by atomic mass is 10.2. The van der Waals surface area contributed by atoms with E-state index < -0.39 is 0 Å². The van der Waals surface area contributed by atoms with Crippen molar-refractivity contribution < 1.29 is 9.59 Å². The van der Waals surface area contributed by atoms with Gasteiger partial charge in [0.2, 0.25) is 11.8 Å². The Morgan fingerprint density at radius 3 is 2.62 bits per heavy atom. The molecule has 0 spiro atoms. The molecule has 0 aliphatic rings. The van der Waals surface area contributed by atoms with Crippen LogP contribution < -0.4 is 5.32 Å². The summed E-state index contributed by atoms with van der Waals surface area (Å²) in [5, 5.41) is 11.7. The summed E-state index contributed by atoms with van der Waals surface area (Å²) in [5.74, 6) is -0.365. The number of benzene rings is 1. The standard InChI is InChI=1S/C18H18N4O2/c1-14(23)22(13-16-7-4-5-10-20-16)11-9-18(24)21-17-8-3-2-6-15(17)12-19/h2-8,10H,9,11,13H2,1H3,(H,21,24). The molecule has 0 unspecified atom stereocenters. The van der Waals surface area contributed by atoms with Crippen LogP contribution in [0.25, 0.3) is 0 Å². The maximum absolute atomic E-state index is 12.1. The summed E-state index contributed by atoms with van der Waals surface area (Å²) < 4.78 is 0. The van der Waals surface area contributed by atoms with E-state index in [4.69, 9.17) is 5.26 Å². The van der Waals surface area contributed by atoms with Gasteiger partial charge in [0.1, 0.15) is 6.07 Å². The normalized spacial score (nSPS) is 9.83. The Morgan fingerprint density at radius 1 is 1.21 bits per heavy atom. The van der Waals surface area contributed by atoms with Crippen molar-refractivity contribution in [3.05, 3.63) is 59.9 Å². The van der Waals surface area contributed by atoms with Gasteiger partial charge in [-0.1, -0.05) is 18.2 Å². The van der Waals surface area contributed by atoms with E-state index in [9.17, 15) is 9.59 Å². The molecule has 6 nitrogen and oxygen atoms in total. The first-order valence-corrected chi connectivity index (χ1v) is 7.54. The van der Waals surface area contributed by atoms with Gasteiger partial charge < -0.3 is 10.2 Å². The highest BCUT2D eigenvalue weighted by Gasteiger charge is 2.13. The minimum absolute atomic E-state index is 0.120. The molecule has 1 aromatic carbocycles. The second-order valence-electron chi connectivity index (χ2n) is 5.22. The Labute approximate surface area is 140 Å². The summed E-state index contributed by atoms with van der Waals surface area (Å²) in [5.41, 5.74) is 1.65. The molecular weight excluding hydrogens is 304 g/mol. The minimum atomic E-state index is -0.245. The monoisotopic (exact) mass is 322 g/mol. The van der Waals surface area contributed by atoms with Gasteiger partial charge in [0.25, 0.3) is 0 Å². The third-order valence-corrected chi connectivity index (χ3v) is 3.45. The van der Waals surface area contributed by atoms with Crippen LogP contribution in [-0.4, -0.2) is 28.2 Å². The van der Waals surface area contributed by atoms with E-state index >= 15 is 0 Å². The summed E-state index contributed by atoms with van der Waals surface area (Å²) in [7, 11) is 0. The van der Waals surface area contributed by atoms with Gasteiger partial charge in [-0.2, -0.15) is 5.26 Å². The summed E-state index contributed by atoms with van der Waals surface area (Å²) in [6, 6.07) is 14.3. The summed E-state index contributed by atoms with van der Waals surface area (Å²) in [6.45, 7) is 2.11. The first kappa shape index (κ1) is 17.2. The number of amides is 2. The number of pyridine rings is 1. The van der Waals surface area contributed by atoms with Crippen LogP contribution in [0, 0.1) is 11.3 Å². The van der Waals surface area contributed by atoms with E-state index in [2.05, 4.69) is 10.3 Å². The number of rotatable bonds is 6. The van der Waals surface area contributed by atoms with Crippen LogP contribution in [0.5, 0.6) is 0 Å². The molecule has 0 saturated carbocycles. The molecule has 0 bridgehead atoms. The predicted octanol–water partition coefficient (Wildman–Crippen LogP) is 2.33. The van der Waals surface area contributed by atoms with Crippen LogP contribution in [0.2, 0.25) is 0 Å². The molecule has 1 aromatic heterocycles. The lowest BCUT2D eigenvalue weighted by molar-refractivity contribution is -0.130. The van der Waals surface area contributed by atoms with Crippen molar-refractivity contribution in [1.29, 1.82) is 5.26 Å². The van der Waals surface area contributed by atoms with Crippen molar-refractivity contribution in [1.82, 2.24) is 9.88 Å². The van der Waals surface area contributed by atoms with Gasteiger partial charge in [0, 0.05) is 26.1 Å². The molecule has 0 aliphatic heterocycles. The number of carbonyl (C=O) groups is 2. The molecule has 0 saturated heterocycles. The Hall–Kier alpha value is -3.20. The van der Waals surface area contributed by atoms with Crippen molar-refractivity contribution in [2.45, 2.75) is 19.9 Å². The zero-order chi connectivity index (χ0) is 17.4. The lowest BCUT2D eigenvalue weighted by Gasteiger charge is -2.20. The fraction of sp³-hybridized carbons (Fsp3) is 0.222. The van der Waals surface area contributed by atoms with E-state index in [1.807, 2.05) is 24.3 Å². The molecule has 24 heavy (non-hydrogen) atoms.